The zero-order chi connectivity index (χ0) is 14.9. The normalized spacial score (nSPS) is 12.6. The van der Waals surface area contributed by atoms with Crippen LogP contribution in [0.15, 0.2) is 53.0 Å². The number of terminal acetylenes is 1. The smallest absolute Gasteiger partial charge is 0.136 e. The molecule has 0 heterocycles. The Balaban J connectivity index is 0. The largest absolute Gasteiger partial charge is 0.488 e. The van der Waals surface area contributed by atoms with E-state index in [4.69, 9.17) is 10.5 Å². The molecule has 0 saturated heterocycles. The molecule has 0 fully saturated rings. The molecule has 0 aliphatic carbocycles. The third kappa shape index (κ3) is 15.8. The Labute approximate surface area is 117 Å². The molecule has 104 valence electrons. The van der Waals surface area contributed by atoms with Gasteiger partial charge < -0.3 is 10.5 Å². The van der Waals surface area contributed by atoms with Crippen molar-refractivity contribution in [3.05, 3.63) is 48.0 Å². The van der Waals surface area contributed by atoms with Crippen molar-refractivity contribution in [1.29, 1.82) is 0 Å². The van der Waals surface area contributed by atoms with Crippen LogP contribution in [-0.4, -0.2) is 12.8 Å². The summed E-state index contributed by atoms with van der Waals surface area (Å²) in [7, 11) is 0. The summed E-state index contributed by atoms with van der Waals surface area (Å²) >= 11 is 0. The number of nitrogens with zero attached hydrogens (tertiary/aromatic N) is 1. The summed E-state index contributed by atoms with van der Waals surface area (Å²) in [4.78, 5) is 3.93. The highest BCUT2D eigenvalue weighted by Gasteiger charge is 1.92. The van der Waals surface area contributed by atoms with Gasteiger partial charge in [-0.1, -0.05) is 18.2 Å². The van der Waals surface area contributed by atoms with Crippen LogP contribution in [0.5, 0.6) is 0 Å². The van der Waals surface area contributed by atoms with Gasteiger partial charge in [0.15, 0.2) is 0 Å². The second-order valence-electron chi connectivity index (χ2n) is 3.41. The van der Waals surface area contributed by atoms with E-state index in [0.29, 0.717) is 12.4 Å². The fourth-order valence-electron chi connectivity index (χ4n) is 0.860. The number of rotatable bonds is 6. The van der Waals surface area contributed by atoms with Crippen LogP contribution < -0.4 is 5.73 Å². The van der Waals surface area contributed by atoms with Gasteiger partial charge in [0.05, 0.1) is 0 Å². The summed E-state index contributed by atoms with van der Waals surface area (Å²) in [6, 6.07) is 0. The van der Waals surface area contributed by atoms with Crippen LogP contribution in [0.2, 0.25) is 0 Å². The number of ether oxygens (including phenoxy) is 1. The van der Waals surface area contributed by atoms with Crippen molar-refractivity contribution >= 4 is 6.21 Å². The molecule has 0 spiro atoms. The number of aliphatic imine (C=N–C) groups is 1. The van der Waals surface area contributed by atoms with Crippen LogP contribution in [0.1, 0.15) is 27.7 Å². The molecule has 19 heavy (non-hydrogen) atoms. The topological polar surface area (TPSA) is 47.6 Å². The first-order chi connectivity index (χ1) is 9.15. The number of hydrogen-bond acceptors (Lipinski definition) is 3. The van der Waals surface area contributed by atoms with Crippen LogP contribution in [0.3, 0.4) is 0 Å². The summed E-state index contributed by atoms with van der Waals surface area (Å²) in [6.45, 7) is 8.00. The van der Waals surface area contributed by atoms with E-state index in [-0.39, 0.29) is 0 Å². The molecule has 0 aliphatic rings. The number of nitrogens with two attached hydrogens (primary N) is 1. The quantitative estimate of drug-likeness (QED) is 0.343. The second-order valence-corrected chi connectivity index (χ2v) is 3.41. The van der Waals surface area contributed by atoms with Gasteiger partial charge in [0.1, 0.15) is 12.4 Å². The minimum atomic E-state index is 0.521. The van der Waals surface area contributed by atoms with E-state index in [1.165, 1.54) is 6.20 Å². The fraction of sp³-hybridized carbons (Fsp3) is 0.312. The predicted molar refractivity (Wildman–Crippen MR) is 84.6 cm³/mol. The van der Waals surface area contributed by atoms with Crippen LogP contribution >= 0.6 is 0 Å². The van der Waals surface area contributed by atoms with Gasteiger partial charge in [0.2, 0.25) is 0 Å². The molecule has 0 amide bonds. The molecular formula is C16H24N2O. The summed E-state index contributed by atoms with van der Waals surface area (Å²) < 4.78 is 5.47. The van der Waals surface area contributed by atoms with E-state index in [2.05, 4.69) is 17.3 Å². The Morgan fingerprint density at radius 1 is 1.42 bits per heavy atom. The lowest BCUT2D eigenvalue weighted by atomic mass is 10.3. The standard InChI is InChI=1S/C13H20N2O.C3H4/c1-4-6-7-12(3)11-16-13(10-14)8-9-15-5-2;1-3-2/h4-10H,11,14H2,1-3H3;1H,2H3/b6-4-,9-8-,12-7+,13-10-,15-5?;. The summed E-state index contributed by atoms with van der Waals surface area (Å²) in [6.07, 6.45) is 17.0. The molecule has 2 N–H and O–H groups in total. The maximum absolute atomic E-state index is 5.47. The van der Waals surface area contributed by atoms with Gasteiger partial charge in [0.25, 0.3) is 0 Å². The highest BCUT2D eigenvalue weighted by Crippen LogP contribution is 2.02. The van der Waals surface area contributed by atoms with E-state index >= 15 is 0 Å². The van der Waals surface area contributed by atoms with E-state index in [1.807, 2.05) is 39.0 Å². The third-order valence-electron chi connectivity index (χ3n) is 1.68. The molecule has 0 aliphatic heterocycles. The summed E-state index contributed by atoms with van der Waals surface area (Å²) in [5, 5.41) is 0. The highest BCUT2D eigenvalue weighted by molar-refractivity contribution is 5.54. The lowest BCUT2D eigenvalue weighted by Gasteiger charge is -2.05. The molecule has 3 heteroatoms. The van der Waals surface area contributed by atoms with E-state index in [1.54, 1.807) is 25.4 Å². The zero-order valence-corrected chi connectivity index (χ0v) is 12.3. The van der Waals surface area contributed by atoms with Gasteiger partial charge in [-0.3, -0.25) is 4.99 Å². The van der Waals surface area contributed by atoms with Crippen molar-refractivity contribution in [3.8, 4) is 12.3 Å². The van der Waals surface area contributed by atoms with Crippen LogP contribution in [0.4, 0.5) is 0 Å². The Morgan fingerprint density at radius 2 is 2.05 bits per heavy atom. The van der Waals surface area contributed by atoms with Gasteiger partial charge in [-0.05, 0) is 39.3 Å². The average Bonchev–Trinajstić information content (AvgIpc) is 2.41. The monoisotopic (exact) mass is 260 g/mol. The molecule has 0 bridgehead atoms. The maximum Gasteiger partial charge on any atom is 0.136 e. The number of allylic oxidation sites excluding steroid dienone is 4. The maximum atomic E-state index is 5.47. The van der Waals surface area contributed by atoms with Crippen molar-refractivity contribution in [1.82, 2.24) is 0 Å². The molecule has 0 aromatic rings. The molecule has 0 radical (unpaired) electrons. The molecular weight excluding hydrogens is 236 g/mol. The lowest BCUT2D eigenvalue weighted by molar-refractivity contribution is 0.252. The fourth-order valence-corrected chi connectivity index (χ4v) is 0.860. The zero-order valence-electron chi connectivity index (χ0n) is 12.3. The molecule has 0 rings (SSSR count). The van der Waals surface area contributed by atoms with Crippen molar-refractivity contribution < 1.29 is 4.74 Å². The third-order valence-corrected chi connectivity index (χ3v) is 1.68. The first kappa shape index (κ1) is 19.1. The van der Waals surface area contributed by atoms with E-state index in [9.17, 15) is 0 Å². The van der Waals surface area contributed by atoms with E-state index < -0.39 is 0 Å². The lowest BCUT2D eigenvalue weighted by Crippen LogP contribution is -1.97. The van der Waals surface area contributed by atoms with Gasteiger partial charge in [0, 0.05) is 18.6 Å². The van der Waals surface area contributed by atoms with Crippen molar-refractivity contribution in [3.63, 3.8) is 0 Å². The highest BCUT2D eigenvalue weighted by atomic mass is 16.5. The minimum Gasteiger partial charge on any atom is -0.488 e. The molecule has 0 atom stereocenters. The van der Waals surface area contributed by atoms with Crippen molar-refractivity contribution in [2.45, 2.75) is 27.7 Å². The Hall–Kier alpha value is -2.21. The van der Waals surface area contributed by atoms with Gasteiger partial charge in [-0.25, -0.2) is 0 Å². The Kier molecular flexibility index (Phi) is 15.9. The Morgan fingerprint density at radius 3 is 2.53 bits per heavy atom. The number of hydrogen-bond donors (Lipinski definition) is 1. The van der Waals surface area contributed by atoms with Crippen LogP contribution in [-0.2, 0) is 4.74 Å². The van der Waals surface area contributed by atoms with Gasteiger partial charge in [-0.2, -0.15) is 0 Å². The van der Waals surface area contributed by atoms with Gasteiger partial charge >= 0.3 is 0 Å². The SMILES string of the molecule is C#CC.CC=N/C=C\C(=C\N)OC/C(C)=C/C=C\C. The van der Waals surface area contributed by atoms with Crippen LogP contribution in [0.25, 0.3) is 0 Å². The molecule has 0 aromatic heterocycles. The molecule has 0 aromatic carbocycles. The second kappa shape index (κ2) is 15.8. The first-order valence-electron chi connectivity index (χ1n) is 6.01. The molecule has 3 nitrogen and oxygen atoms in total. The van der Waals surface area contributed by atoms with Crippen LogP contribution in [0, 0.1) is 12.3 Å². The molecule has 0 unspecified atom stereocenters. The average molecular weight is 260 g/mol. The van der Waals surface area contributed by atoms with Gasteiger partial charge in [-0.15, -0.1) is 12.3 Å². The van der Waals surface area contributed by atoms with Crippen molar-refractivity contribution in [2.24, 2.45) is 10.7 Å². The molecule has 0 saturated carbocycles. The summed E-state index contributed by atoms with van der Waals surface area (Å²) in [5.74, 6) is 2.86. The predicted octanol–water partition coefficient (Wildman–Crippen LogP) is 3.57. The first-order valence-corrected chi connectivity index (χ1v) is 6.01. The summed E-state index contributed by atoms with van der Waals surface area (Å²) in [5.41, 5.74) is 6.55. The van der Waals surface area contributed by atoms with E-state index in [0.717, 1.165) is 5.57 Å². The minimum absolute atomic E-state index is 0.521. The Bertz CT molecular complexity index is 393. The van der Waals surface area contributed by atoms with Crippen molar-refractivity contribution in [2.75, 3.05) is 6.61 Å².